The monoisotopic (exact) mass is 371 g/mol. The number of nitrogens with zero attached hydrogens (tertiary/aromatic N) is 3. The van der Waals surface area contributed by atoms with Gasteiger partial charge in [0.15, 0.2) is 0 Å². The van der Waals surface area contributed by atoms with Crippen molar-refractivity contribution in [3.8, 4) is 11.9 Å². The lowest BCUT2D eigenvalue weighted by Gasteiger charge is -2.37. The van der Waals surface area contributed by atoms with Crippen molar-refractivity contribution in [2.45, 2.75) is 37.2 Å². The maximum Gasteiger partial charge on any atom is 0.243 e. The predicted molar refractivity (Wildman–Crippen MR) is 97.3 cm³/mol. The van der Waals surface area contributed by atoms with Crippen LogP contribution in [0.15, 0.2) is 47.5 Å². The number of pyridine rings is 1. The van der Waals surface area contributed by atoms with Crippen molar-refractivity contribution >= 4 is 10.0 Å². The van der Waals surface area contributed by atoms with Crippen LogP contribution in [0, 0.1) is 11.3 Å². The second-order valence-electron chi connectivity index (χ2n) is 7.33. The molecule has 3 rings (SSSR count). The van der Waals surface area contributed by atoms with Gasteiger partial charge in [0, 0.05) is 12.3 Å². The topological polar surface area (TPSA) is 83.3 Å². The van der Waals surface area contributed by atoms with Crippen LogP contribution in [0.1, 0.15) is 31.9 Å². The normalized spacial score (nSPS) is 15.9. The lowest BCUT2D eigenvalue weighted by Crippen LogP contribution is -2.56. The van der Waals surface area contributed by atoms with E-state index in [0.29, 0.717) is 11.4 Å². The van der Waals surface area contributed by atoms with Gasteiger partial charge in [-0.15, -0.1) is 0 Å². The molecular weight excluding hydrogens is 350 g/mol. The molecule has 1 fully saturated rings. The lowest BCUT2D eigenvalue weighted by molar-refractivity contribution is 0.0720. The standard InChI is InChI=1S/C19H21N3O3S/c1-19(2,3)15-4-6-17(7-5-15)26(23,24)22-12-16(13-22)25-18-10-14(11-20)8-9-21-18/h4-10,16H,12-13H2,1-3H3. The van der Waals surface area contributed by atoms with Crippen molar-refractivity contribution in [3.63, 3.8) is 0 Å². The van der Waals surface area contributed by atoms with E-state index in [2.05, 4.69) is 25.8 Å². The fourth-order valence-electron chi connectivity index (χ4n) is 2.66. The third-order valence-corrected chi connectivity index (χ3v) is 6.17. The number of ether oxygens (including phenoxy) is 1. The molecule has 0 spiro atoms. The number of hydrogen-bond donors (Lipinski definition) is 0. The largest absolute Gasteiger partial charge is 0.471 e. The van der Waals surface area contributed by atoms with E-state index >= 15 is 0 Å². The van der Waals surface area contributed by atoms with Gasteiger partial charge < -0.3 is 4.74 Å². The zero-order valence-corrected chi connectivity index (χ0v) is 15.8. The summed E-state index contributed by atoms with van der Waals surface area (Å²) in [5.74, 6) is 0.334. The van der Waals surface area contributed by atoms with Gasteiger partial charge in [0.2, 0.25) is 15.9 Å². The van der Waals surface area contributed by atoms with Crippen molar-refractivity contribution < 1.29 is 13.2 Å². The summed E-state index contributed by atoms with van der Waals surface area (Å²) < 4.78 is 32.4. The van der Waals surface area contributed by atoms with Crippen LogP contribution in [0.25, 0.3) is 0 Å². The molecule has 0 aliphatic carbocycles. The van der Waals surface area contributed by atoms with Crippen LogP contribution in [0.4, 0.5) is 0 Å². The van der Waals surface area contributed by atoms with Gasteiger partial charge in [-0.3, -0.25) is 0 Å². The first-order valence-electron chi connectivity index (χ1n) is 8.33. The summed E-state index contributed by atoms with van der Waals surface area (Å²) in [5.41, 5.74) is 1.52. The van der Waals surface area contributed by atoms with E-state index in [0.717, 1.165) is 5.56 Å². The first kappa shape index (κ1) is 18.4. The van der Waals surface area contributed by atoms with E-state index in [1.165, 1.54) is 10.5 Å². The van der Waals surface area contributed by atoms with Crippen LogP contribution >= 0.6 is 0 Å². The highest BCUT2D eigenvalue weighted by molar-refractivity contribution is 7.89. The molecule has 1 saturated heterocycles. The lowest BCUT2D eigenvalue weighted by atomic mass is 9.87. The van der Waals surface area contributed by atoms with Crippen molar-refractivity contribution in [1.82, 2.24) is 9.29 Å². The van der Waals surface area contributed by atoms with Crippen LogP contribution in [-0.2, 0) is 15.4 Å². The molecule has 0 bridgehead atoms. The number of nitriles is 1. The molecule has 2 heterocycles. The summed E-state index contributed by atoms with van der Waals surface area (Å²) in [5, 5.41) is 8.89. The molecule has 7 heteroatoms. The minimum Gasteiger partial charge on any atom is -0.471 e. The van der Waals surface area contributed by atoms with Crippen molar-refractivity contribution in [1.29, 1.82) is 5.26 Å². The van der Waals surface area contributed by atoms with Crippen LogP contribution in [0.2, 0.25) is 0 Å². The molecule has 0 atom stereocenters. The van der Waals surface area contributed by atoms with Crippen molar-refractivity contribution in [2.24, 2.45) is 0 Å². The van der Waals surface area contributed by atoms with Gasteiger partial charge in [-0.05, 0) is 29.2 Å². The summed E-state index contributed by atoms with van der Waals surface area (Å²) in [7, 11) is -3.52. The summed E-state index contributed by atoms with van der Waals surface area (Å²) in [4.78, 5) is 4.33. The third-order valence-electron chi connectivity index (χ3n) is 4.32. The van der Waals surface area contributed by atoms with E-state index < -0.39 is 10.0 Å². The highest BCUT2D eigenvalue weighted by Crippen LogP contribution is 2.27. The Kier molecular flexibility index (Phi) is 4.74. The average Bonchev–Trinajstić information content (AvgIpc) is 2.57. The molecule has 1 aromatic heterocycles. The average molecular weight is 371 g/mol. The van der Waals surface area contributed by atoms with Gasteiger partial charge in [-0.2, -0.15) is 9.57 Å². The molecule has 6 nitrogen and oxygen atoms in total. The van der Waals surface area contributed by atoms with E-state index in [-0.39, 0.29) is 29.5 Å². The molecule has 1 aliphatic rings. The van der Waals surface area contributed by atoms with Gasteiger partial charge in [-0.25, -0.2) is 13.4 Å². The Morgan fingerprint density at radius 3 is 2.42 bits per heavy atom. The molecule has 0 radical (unpaired) electrons. The zero-order valence-electron chi connectivity index (χ0n) is 15.0. The molecule has 136 valence electrons. The summed E-state index contributed by atoms with van der Waals surface area (Å²) in [6, 6.07) is 12.2. The van der Waals surface area contributed by atoms with Gasteiger partial charge in [0.1, 0.15) is 6.10 Å². The number of hydrogen-bond acceptors (Lipinski definition) is 5. The molecule has 26 heavy (non-hydrogen) atoms. The first-order valence-corrected chi connectivity index (χ1v) is 9.78. The van der Waals surface area contributed by atoms with Crippen LogP contribution in [0.5, 0.6) is 5.88 Å². The molecule has 0 saturated carbocycles. The Morgan fingerprint density at radius 2 is 1.85 bits per heavy atom. The molecule has 0 amide bonds. The molecule has 0 N–H and O–H groups in total. The maximum absolute atomic E-state index is 12.7. The predicted octanol–water partition coefficient (Wildman–Crippen LogP) is 2.70. The molecule has 2 aromatic rings. The number of benzene rings is 1. The fourth-order valence-corrected chi connectivity index (χ4v) is 4.16. The quantitative estimate of drug-likeness (QED) is 0.825. The van der Waals surface area contributed by atoms with Crippen molar-refractivity contribution in [3.05, 3.63) is 53.7 Å². The first-order chi connectivity index (χ1) is 12.2. The Labute approximate surface area is 154 Å². The van der Waals surface area contributed by atoms with E-state index in [1.807, 2.05) is 18.2 Å². The smallest absolute Gasteiger partial charge is 0.243 e. The van der Waals surface area contributed by atoms with Gasteiger partial charge in [0.25, 0.3) is 0 Å². The maximum atomic E-state index is 12.7. The van der Waals surface area contributed by atoms with E-state index in [9.17, 15) is 8.42 Å². The van der Waals surface area contributed by atoms with Crippen molar-refractivity contribution in [2.75, 3.05) is 13.1 Å². The number of sulfonamides is 1. The second-order valence-corrected chi connectivity index (χ2v) is 9.27. The fraction of sp³-hybridized carbons (Fsp3) is 0.368. The minimum atomic E-state index is -3.52. The molecule has 0 unspecified atom stereocenters. The van der Waals surface area contributed by atoms with Gasteiger partial charge in [-0.1, -0.05) is 32.9 Å². The number of aromatic nitrogens is 1. The Bertz CT molecular complexity index is 935. The second kappa shape index (κ2) is 6.71. The van der Waals surface area contributed by atoms with Gasteiger partial charge in [0.05, 0.1) is 29.6 Å². The van der Waals surface area contributed by atoms with E-state index in [4.69, 9.17) is 10.00 Å². The van der Waals surface area contributed by atoms with Crippen LogP contribution < -0.4 is 4.74 Å². The molecular formula is C19H21N3O3S. The highest BCUT2D eigenvalue weighted by atomic mass is 32.2. The summed E-state index contributed by atoms with van der Waals surface area (Å²) in [6.07, 6.45) is 1.23. The third kappa shape index (κ3) is 3.71. The van der Waals surface area contributed by atoms with Crippen LogP contribution in [0.3, 0.4) is 0 Å². The number of rotatable bonds is 4. The van der Waals surface area contributed by atoms with Gasteiger partial charge >= 0.3 is 0 Å². The molecule has 1 aliphatic heterocycles. The van der Waals surface area contributed by atoms with E-state index in [1.54, 1.807) is 24.3 Å². The summed E-state index contributed by atoms with van der Waals surface area (Å²) >= 11 is 0. The minimum absolute atomic E-state index is 0.0249. The van der Waals surface area contributed by atoms with Crippen LogP contribution in [-0.4, -0.2) is 36.9 Å². The molecule has 1 aromatic carbocycles. The summed E-state index contributed by atoms with van der Waals surface area (Å²) in [6.45, 7) is 6.79. The Morgan fingerprint density at radius 1 is 1.19 bits per heavy atom. The Balaban J connectivity index is 1.65. The highest BCUT2D eigenvalue weighted by Gasteiger charge is 2.38. The zero-order chi connectivity index (χ0) is 18.9. The SMILES string of the molecule is CC(C)(C)c1ccc(S(=O)(=O)N2CC(Oc3cc(C#N)ccn3)C2)cc1. The Hall–Kier alpha value is -2.43.